The topological polar surface area (TPSA) is 66.5 Å². The molecule has 5 nitrogen and oxygen atoms in total. The summed E-state index contributed by atoms with van der Waals surface area (Å²) in [6.45, 7) is 1.45. The van der Waals surface area contributed by atoms with Gasteiger partial charge in [0.05, 0.1) is 16.4 Å². The average Bonchev–Trinajstić information content (AvgIpc) is 2.68. The summed E-state index contributed by atoms with van der Waals surface area (Å²) < 4.78 is 26.3. The fraction of sp³-hybridized carbons (Fsp3) is 0.0952. The number of halogens is 1. The average molecular weight is 415 g/mol. The lowest BCUT2D eigenvalue weighted by molar-refractivity contribution is -0.116. The number of hydrazine groups is 1. The van der Waals surface area contributed by atoms with E-state index in [1.807, 2.05) is 36.4 Å². The Labute approximate surface area is 169 Å². The SMILES string of the molecule is CC(=O)Cc1ccc(Cl)c(S(=O)(=O)NN(c2ccccc2)c2ccccc2)c1. The smallest absolute Gasteiger partial charge is 0.259 e. The molecule has 0 spiro atoms. The van der Waals surface area contributed by atoms with Crippen LogP contribution in [0.5, 0.6) is 0 Å². The first-order valence-electron chi connectivity index (χ1n) is 8.57. The Balaban J connectivity index is 2.02. The van der Waals surface area contributed by atoms with Gasteiger partial charge in [0.25, 0.3) is 10.0 Å². The summed E-state index contributed by atoms with van der Waals surface area (Å²) in [5.74, 6) is -0.0613. The Hall–Kier alpha value is -2.67. The van der Waals surface area contributed by atoms with Crippen LogP contribution >= 0.6 is 11.6 Å². The third-order valence-corrected chi connectivity index (χ3v) is 5.76. The van der Waals surface area contributed by atoms with Crippen molar-refractivity contribution in [3.05, 3.63) is 89.4 Å². The molecule has 0 aliphatic carbocycles. The van der Waals surface area contributed by atoms with Gasteiger partial charge in [0.1, 0.15) is 10.7 Å². The number of hydrogen-bond donors (Lipinski definition) is 1. The number of Topliss-reactive ketones (excluding diaryl/α,β-unsaturated/α-hetero) is 1. The van der Waals surface area contributed by atoms with Gasteiger partial charge in [0, 0.05) is 6.42 Å². The zero-order chi connectivity index (χ0) is 20.1. The van der Waals surface area contributed by atoms with Crippen LogP contribution in [0.3, 0.4) is 0 Å². The highest BCUT2D eigenvalue weighted by Gasteiger charge is 2.23. The van der Waals surface area contributed by atoms with Crippen molar-refractivity contribution in [1.82, 2.24) is 4.83 Å². The summed E-state index contributed by atoms with van der Waals surface area (Å²) >= 11 is 6.17. The highest BCUT2D eigenvalue weighted by molar-refractivity contribution is 7.89. The third kappa shape index (κ3) is 4.78. The van der Waals surface area contributed by atoms with Crippen molar-refractivity contribution in [2.45, 2.75) is 18.2 Å². The molecular weight excluding hydrogens is 396 g/mol. The molecule has 0 amide bonds. The van der Waals surface area contributed by atoms with Crippen LogP contribution in [0.1, 0.15) is 12.5 Å². The molecule has 3 aromatic carbocycles. The molecule has 0 atom stereocenters. The number of carbonyl (C=O) groups excluding carboxylic acids is 1. The van der Waals surface area contributed by atoms with E-state index in [0.717, 1.165) is 0 Å². The maximum Gasteiger partial charge on any atom is 0.259 e. The minimum absolute atomic E-state index is 0.0613. The highest BCUT2D eigenvalue weighted by atomic mass is 35.5. The molecule has 0 aliphatic heterocycles. The number of para-hydroxylation sites is 2. The van der Waals surface area contributed by atoms with Crippen LogP contribution in [-0.4, -0.2) is 14.2 Å². The normalized spacial score (nSPS) is 11.2. The lowest BCUT2D eigenvalue weighted by Gasteiger charge is -2.25. The Morgan fingerprint density at radius 2 is 1.46 bits per heavy atom. The molecule has 3 rings (SSSR count). The van der Waals surface area contributed by atoms with Crippen LogP contribution in [0.25, 0.3) is 0 Å². The molecule has 0 radical (unpaired) electrons. The molecule has 0 saturated heterocycles. The summed E-state index contributed by atoms with van der Waals surface area (Å²) in [6, 6.07) is 22.7. The van der Waals surface area contributed by atoms with Crippen molar-refractivity contribution in [1.29, 1.82) is 0 Å². The largest absolute Gasteiger partial charge is 0.300 e. The number of rotatable bonds is 7. The fourth-order valence-corrected chi connectivity index (χ4v) is 4.33. The molecule has 0 saturated carbocycles. The van der Waals surface area contributed by atoms with Crippen molar-refractivity contribution in [2.24, 2.45) is 0 Å². The van der Waals surface area contributed by atoms with E-state index in [2.05, 4.69) is 4.83 Å². The van der Waals surface area contributed by atoms with Crippen LogP contribution in [0.15, 0.2) is 83.8 Å². The van der Waals surface area contributed by atoms with Gasteiger partial charge in [-0.25, -0.2) is 8.42 Å². The molecule has 144 valence electrons. The molecule has 0 aliphatic rings. The standard InChI is InChI=1S/C21H19ClN2O3S/c1-16(25)14-17-12-13-20(22)21(15-17)28(26,27)23-24(18-8-4-2-5-9-18)19-10-6-3-7-11-19/h2-13,15,23H,14H2,1H3. The lowest BCUT2D eigenvalue weighted by Crippen LogP contribution is -2.39. The van der Waals surface area contributed by atoms with Gasteiger partial charge in [-0.05, 0) is 48.9 Å². The molecular formula is C21H19ClN2O3S. The maximum atomic E-state index is 13.1. The Morgan fingerprint density at radius 1 is 0.929 bits per heavy atom. The van der Waals surface area contributed by atoms with Crippen LogP contribution in [0, 0.1) is 0 Å². The zero-order valence-electron chi connectivity index (χ0n) is 15.2. The van der Waals surface area contributed by atoms with Crippen molar-refractivity contribution < 1.29 is 13.2 Å². The second kappa shape index (κ2) is 8.56. The van der Waals surface area contributed by atoms with Crippen molar-refractivity contribution in [3.8, 4) is 0 Å². The van der Waals surface area contributed by atoms with E-state index in [1.165, 1.54) is 24.1 Å². The zero-order valence-corrected chi connectivity index (χ0v) is 16.7. The van der Waals surface area contributed by atoms with Crippen LogP contribution in [-0.2, 0) is 21.2 Å². The molecule has 0 fully saturated rings. The van der Waals surface area contributed by atoms with Crippen LogP contribution < -0.4 is 9.84 Å². The minimum Gasteiger partial charge on any atom is -0.300 e. The molecule has 0 aromatic heterocycles. The first-order chi connectivity index (χ1) is 13.4. The number of hydrogen-bond acceptors (Lipinski definition) is 4. The van der Waals surface area contributed by atoms with E-state index in [-0.39, 0.29) is 22.1 Å². The predicted octanol–water partition coefficient (Wildman–Crippen LogP) is 4.50. The first-order valence-corrected chi connectivity index (χ1v) is 10.4. The molecule has 7 heteroatoms. The van der Waals surface area contributed by atoms with Crippen molar-refractivity contribution >= 4 is 38.8 Å². The van der Waals surface area contributed by atoms with E-state index in [1.54, 1.807) is 30.3 Å². The Kier molecular flexibility index (Phi) is 6.14. The molecule has 3 aromatic rings. The maximum absolute atomic E-state index is 13.1. The number of anilines is 2. The van der Waals surface area contributed by atoms with Gasteiger partial charge >= 0.3 is 0 Å². The number of nitrogens with zero attached hydrogens (tertiary/aromatic N) is 1. The number of ketones is 1. The summed E-state index contributed by atoms with van der Waals surface area (Å²) in [4.78, 5) is 13.9. The van der Waals surface area contributed by atoms with Gasteiger partial charge in [-0.15, -0.1) is 4.83 Å². The quantitative estimate of drug-likeness (QED) is 0.578. The molecule has 1 N–H and O–H groups in total. The first kappa shape index (κ1) is 20.1. The van der Waals surface area contributed by atoms with E-state index >= 15 is 0 Å². The minimum atomic E-state index is -4.01. The monoisotopic (exact) mass is 414 g/mol. The Morgan fingerprint density at radius 3 is 1.96 bits per heavy atom. The predicted molar refractivity (Wildman–Crippen MR) is 111 cm³/mol. The van der Waals surface area contributed by atoms with Gasteiger partial charge < -0.3 is 0 Å². The number of nitrogens with one attached hydrogen (secondary N) is 1. The van der Waals surface area contributed by atoms with E-state index in [0.29, 0.717) is 16.9 Å². The highest BCUT2D eigenvalue weighted by Crippen LogP contribution is 2.27. The van der Waals surface area contributed by atoms with Crippen LogP contribution in [0.2, 0.25) is 5.02 Å². The third-order valence-electron chi connectivity index (χ3n) is 3.98. The van der Waals surface area contributed by atoms with Gasteiger partial charge in [0.2, 0.25) is 0 Å². The fourth-order valence-electron chi connectivity index (χ4n) is 2.73. The van der Waals surface area contributed by atoms with E-state index in [4.69, 9.17) is 11.6 Å². The molecule has 0 heterocycles. The number of benzene rings is 3. The van der Waals surface area contributed by atoms with Gasteiger partial charge in [-0.2, -0.15) is 0 Å². The number of sulfonamides is 1. The van der Waals surface area contributed by atoms with Gasteiger partial charge in [-0.3, -0.25) is 9.80 Å². The molecule has 0 bridgehead atoms. The second-order valence-corrected chi connectivity index (χ2v) is 8.28. The van der Waals surface area contributed by atoms with E-state index in [9.17, 15) is 13.2 Å². The Bertz CT molecular complexity index is 1030. The van der Waals surface area contributed by atoms with Gasteiger partial charge in [0.15, 0.2) is 0 Å². The summed E-state index contributed by atoms with van der Waals surface area (Å²) in [5, 5.41) is 1.56. The van der Waals surface area contributed by atoms with Crippen molar-refractivity contribution in [2.75, 3.05) is 5.01 Å². The van der Waals surface area contributed by atoms with Gasteiger partial charge in [-0.1, -0.05) is 54.1 Å². The summed E-state index contributed by atoms with van der Waals surface area (Å²) in [6.07, 6.45) is 0.140. The number of carbonyl (C=O) groups is 1. The van der Waals surface area contributed by atoms with E-state index < -0.39 is 10.0 Å². The lowest BCUT2D eigenvalue weighted by atomic mass is 10.1. The molecule has 28 heavy (non-hydrogen) atoms. The van der Waals surface area contributed by atoms with Crippen LogP contribution in [0.4, 0.5) is 11.4 Å². The molecule has 0 unspecified atom stereocenters. The second-order valence-electron chi connectivity index (χ2n) is 6.24. The van der Waals surface area contributed by atoms with Crippen molar-refractivity contribution in [3.63, 3.8) is 0 Å². The summed E-state index contributed by atoms with van der Waals surface area (Å²) in [5.41, 5.74) is 1.88. The summed E-state index contributed by atoms with van der Waals surface area (Å²) in [7, 11) is -4.01.